The van der Waals surface area contributed by atoms with Gasteiger partial charge in [0.1, 0.15) is 0 Å². The summed E-state index contributed by atoms with van der Waals surface area (Å²) >= 11 is 0. The van der Waals surface area contributed by atoms with Gasteiger partial charge in [0, 0.05) is 11.4 Å². The number of carbonyl (C=O) groups is 2. The number of hydrogen-bond donors (Lipinski definition) is 2. The molecule has 0 aliphatic rings. The summed E-state index contributed by atoms with van der Waals surface area (Å²) in [5, 5.41) is 6.40. The van der Waals surface area contributed by atoms with Crippen LogP contribution in [0.1, 0.15) is 20.3 Å². The zero-order valence-corrected chi connectivity index (χ0v) is 11.0. The molecule has 0 saturated heterocycles. The number of benzene rings is 1. The van der Waals surface area contributed by atoms with Crippen molar-refractivity contribution in [3.63, 3.8) is 0 Å². The highest BCUT2D eigenvalue weighted by Gasteiger charge is 2.05. The molecule has 0 aliphatic heterocycles. The van der Waals surface area contributed by atoms with E-state index in [1.54, 1.807) is 26.0 Å². The predicted molar refractivity (Wildman–Crippen MR) is 73.0 cm³/mol. The average Bonchev–Trinajstić information content (AvgIpc) is 2.38. The molecule has 0 spiro atoms. The molecule has 1 rings (SSSR count). The molecule has 1 aromatic rings. The van der Waals surface area contributed by atoms with Crippen LogP contribution in [0.15, 0.2) is 35.4 Å². The van der Waals surface area contributed by atoms with Gasteiger partial charge in [0.2, 0.25) is 0 Å². The van der Waals surface area contributed by atoms with E-state index in [2.05, 4.69) is 15.8 Å². The Bertz CT molecular complexity index is 457. The normalized spacial score (nSPS) is 10.7. The number of para-hydroxylation sites is 1. The summed E-state index contributed by atoms with van der Waals surface area (Å²) in [5.41, 5.74) is 3.45. The minimum atomic E-state index is -0.464. The van der Waals surface area contributed by atoms with Crippen molar-refractivity contribution in [1.29, 1.82) is 0 Å². The van der Waals surface area contributed by atoms with Crippen LogP contribution in [0.5, 0.6) is 0 Å². The van der Waals surface area contributed by atoms with Crippen molar-refractivity contribution in [3.8, 4) is 0 Å². The molecule has 0 aliphatic carbocycles. The highest BCUT2D eigenvalue weighted by Crippen LogP contribution is 2.04. The number of carbonyl (C=O) groups excluding carboxylic acids is 2. The number of hydrogen-bond acceptors (Lipinski definition) is 4. The maximum Gasteiger partial charge on any atom is 0.339 e. The molecule has 102 valence electrons. The Morgan fingerprint density at radius 1 is 1.26 bits per heavy atom. The van der Waals surface area contributed by atoms with Gasteiger partial charge in [0.15, 0.2) is 0 Å². The maximum absolute atomic E-state index is 11.5. The topological polar surface area (TPSA) is 79.8 Å². The van der Waals surface area contributed by atoms with Crippen molar-refractivity contribution in [2.24, 2.45) is 5.10 Å². The fourth-order valence-electron chi connectivity index (χ4n) is 1.29. The summed E-state index contributed by atoms with van der Waals surface area (Å²) in [6.07, 6.45) is 0.0550. The molecule has 6 heteroatoms. The third kappa shape index (κ3) is 6.21. The van der Waals surface area contributed by atoms with Gasteiger partial charge in [-0.3, -0.25) is 4.79 Å². The van der Waals surface area contributed by atoms with Gasteiger partial charge in [-0.05, 0) is 26.0 Å². The zero-order chi connectivity index (χ0) is 14.1. The van der Waals surface area contributed by atoms with E-state index in [0.29, 0.717) is 18.0 Å². The molecule has 0 heterocycles. The second kappa shape index (κ2) is 7.86. The number of ether oxygens (including phenoxy) is 1. The number of urea groups is 1. The first kappa shape index (κ1) is 14.7. The van der Waals surface area contributed by atoms with E-state index in [4.69, 9.17) is 4.74 Å². The number of anilines is 1. The van der Waals surface area contributed by atoms with Gasteiger partial charge in [0.05, 0.1) is 13.0 Å². The maximum atomic E-state index is 11.5. The quantitative estimate of drug-likeness (QED) is 0.485. The Hall–Kier alpha value is -2.37. The Labute approximate surface area is 111 Å². The first-order valence-corrected chi connectivity index (χ1v) is 5.92. The molecule has 0 aromatic heterocycles. The number of hydrazone groups is 1. The van der Waals surface area contributed by atoms with Gasteiger partial charge in [-0.2, -0.15) is 5.10 Å². The van der Waals surface area contributed by atoms with Crippen molar-refractivity contribution in [1.82, 2.24) is 5.43 Å². The van der Waals surface area contributed by atoms with E-state index in [0.717, 1.165) is 0 Å². The van der Waals surface area contributed by atoms with Crippen LogP contribution in [0, 0.1) is 0 Å². The van der Waals surface area contributed by atoms with Crippen molar-refractivity contribution in [3.05, 3.63) is 30.3 Å². The lowest BCUT2D eigenvalue weighted by Crippen LogP contribution is -2.25. The predicted octanol–water partition coefficient (Wildman–Crippen LogP) is 2.14. The van der Waals surface area contributed by atoms with Crippen LogP contribution >= 0.6 is 0 Å². The standard InChI is InChI=1S/C13H17N3O3/c1-3-19-12(17)9-10(2)15-16-13(18)14-11-7-5-4-6-8-11/h4-8H,3,9H2,1-2H3,(H2,14,16,18). The van der Waals surface area contributed by atoms with Crippen LogP contribution in [-0.4, -0.2) is 24.3 Å². The molecule has 0 unspecified atom stereocenters. The van der Waals surface area contributed by atoms with Gasteiger partial charge < -0.3 is 10.1 Å². The SMILES string of the molecule is CCOC(=O)CC(C)=NNC(=O)Nc1ccccc1. The third-order valence-electron chi connectivity index (χ3n) is 2.09. The number of nitrogens with one attached hydrogen (secondary N) is 2. The second-order valence-corrected chi connectivity index (χ2v) is 3.76. The minimum Gasteiger partial charge on any atom is -0.466 e. The summed E-state index contributed by atoms with van der Waals surface area (Å²) in [4.78, 5) is 22.6. The summed E-state index contributed by atoms with van der Waals surface area (Å²) in [7, 11) is 0. The lowest BCUT2D eigenvalue weighted by atomic mass is 10.3. The lowest BCUT2D eigenvalue weighted by molar-refractivity contribution is -0.141. The van der Waals surface area contributed by atoms with Gasteiger partial charge in [-0.1, -0.05) is 18.2 Å². The van der Waals surface area contributed by atoms with Crippen LogP contribution in [0.2, 0.25) is 0 Å². The molecule has 0 saturated carbocycles. The molecule has 0 fully saturated rings. The molecule has 2 amide bonds. The van der Waals surface area contributed by atoms with Gasteiger partial charge in [-0.15, -0.1) is 0 Å². The largest absolute Gasteiger partial charge is 0.466 e. The van der Waals surface area contributed by atoms with Crippen molar-refractivity contribution < 1.29 is 14.3 Å². The molecular weight excluding hydrogens is 246 g/mol. The molecule has 6 nitrogen and oxygen atoms in total. The van der Waals surface area contributed by atoms with E-state index in [1.165, 1.54) is 0 Å². The van der Waals surface area contributed by atoms with Crippen LogP contribution < -0.4 is 10.7 Å². The van der Waals surface area contributed by atoms with E-state index in [-0.39, 0.29) is 12.4 Å². The second-order valence-electron chi connectivity index (χ2n) is 3.76. The first-order valence-electron chi connectivity index (χ1n) is 5.92. The Kier molecular flexibility index (Phi) is 6.08. The Morgan fingerprint density at radius 2 is 1.95 bits per heavy atom. The summed E-state index contributed by atoms with van der Waals surface area (Å²) in [5.74, 6) is -0.367. The lowest BCUT2D eigenvalue weighted by Gasteiger charge is -2.05. The van der Waals surface area contributed by atoms with Gasteiger partial charge >= 0.3 is 12.0 Å². The number of amides is 2. The van der Waals surface area contributed by atoms with Crippen LogP contribution in [0.3, 0.4) is 0 Å². The Balaban J connectivity index is 2.38. The van der Waals surface area contributed by atoms with Crippen LogP contribution in [-0.2, 0) is 9.53 Å². The fraction of sp³-hybridized carbons (Fsp3) is 0.308. The summed E-state index contributed by atoms with van der Waals surface area (Å²) in [6, 6.07) is 8.53. The van der Waals surface area contributed by atoms with Crippen molar-refractivity contribution >= 4 is 23.4 Å². The fourth-order valence-corrected chi connectivity index (χ4v) is 1.29. The Morgan fingerprint density at radius 3 is 2.58 bits per heavy atom. The minimum absolute atomic E-state index is 0.0550. The molecule has 0 atom stereocenters. The molecule has 19 heavy (non-hydrogen) atoms. The molecule has 2 N–H and O–H groups in total. The molecule has 0 radical (unpaired) electrons. The average molecular weight is 263 g/mol. The number of rotatable bonds is 5. The zero-order valence-electron chi connectivity index (χ0n) is 11.0. The van der Waals surface area contributed by atoms with E-state index in [1.807, 2.05) is 18.2 Å². The summed E-state index contributed by atoms with van der Waals surface area (Å²) < 4.78 is 4.77. The number of nitrogens with zero attached hydrogens (tertiary/aromatic N) is 1. The van der Waals surface area contributed by atoms with Crippen LogP contribution in [0.4, 0.5) is 10.5 Å². The van der Waals surface area contributed by atoms with Crippen molar-refractivity contribution in [2.45, 2.75) is 20.3 Å². The highest BCUT2D eigenvalue weighted by molar-refractivity contribution is 5.98. The summed E-state index contributed by atoms with van der Waals surface area (Å²) in [6.45, 7) is 3.70. The molecule has 0 bridgehead atoms. The third-order valence-corrected chi connectivity index (χ3v) is 2.09. The monoisotopic (exact) mass is 263 g/mol. The van der Waals surface area contributed by atoms with Crippen LogP contribution in [0.25, 0.3) is 0 Å². The molecular formula is C13H17N3O3. The van der Waals surface area contributed by atoms with Gasteiger partial charge in [-0.25, -0.2) is 10.2 Å². The van der Waals surface area contributed by atoms with Crippen molar-refractivity contribution in [2.75, 3.05) is 11.9 Å². The van der Waals surface area contributed by atoms with E-state index >= 15 is 0 Å². The number of esters is 1. The van der Waals surface area contributed by atoms with Gasteiger partial charge in [0.25, 0.3) is 0 Å². The van der Waals surface area contributed by atoms with E-state index in [9.17, 15) is 9.59 Å². The first-order chi connectivity index (χ1) is 9.11. The van der Waals surface area contributed by atoms with E-state index < -0.39 is 6.03 Å². The molecule has 1 aromatic carbocycles. The highest BCUT2D eigenvalue weighted by atomic mass is 16.5. The smallest absolute Gasteiger partial charge is 0.339 e.